The van der Waals surface area contributed by atoms with E-state index in [0.29, 0.717) is 25.1 Å². The van der Waals surface area contributed by atoms with E-state index in [2.05, 4.69) is 12.6 Å². The van der Waals surface area contributed by atoms with Crippen LogP contribution in [0, 0.1) is 10.1 Å². The van der Waals surface area contributed by atoms with Gasteiger partial charge in [-0.15, -0.1) is 0 Å². The first-order valence-corrected chi connectivity index (χ1v) is 6.45. The van der Waals surface area contributed by atoms with E-state index in [-0.39, 0.29) is 11.6 Å². The second-order valence-corrected chi connectivity index (χ2v) is 4.64. The van der Waals surface area contributed by atoms with Gasteiger partial charge in [0.15, 0.2) is 0 Å². The molecule has 0 bridgehead atoms. The van der Waals surface area contributed by atoms with Gasteiger partial charge in [-0.1, -0.05) is 0 Å². The third kappa shape index (κ3) is 2.48. The molecule has 0 saturated carbocycles. The number of amides is 1. The van der Waals surface area contributed by atoms with Crippen LogP contribution in [0.15, 0.2) is 18.2 Å². The van der Waals surface area contributed by atoms with Crippen molar-refractivity contribution in [3.8, 4) is 0 Å². The standard InChI is InChI=1S/C12H14N2O3S/c15-12-5-2-9-8-10(14(16)17)3-4-11(9)13(12)6-1-7-18/h3-4,8,18H,1-2,5-7H2. The Morgan fingerprint density at radius 2 is 2.17 bits per heavy atom. The molecule has 0 saturated heterocycles. The third-order valence-electron chi connectivity index (χ3n) is 3.01. The van der Waals surface area contributed by atoms with Gasteiger partial charge in [0.2, 0.25) is 5.91 Å². The maximum Gasteiger partial charge on any atom is 0.269 e. The molecular formula is C12H14N2O3S. The minimum Gasteiger partial charge on any atom is -0.312 e. The number of nitrogens with zero attached hydrogens (tertiary/aromatic N) is 2. The summed E-state index contributed by atoms with van der Waals surface area (Å²) in [5.41, 5.74) is 1.76. The smallest absolute Gasteiger partial charge is 0.269 e. The van der Waals surface area contributed by atoms with E-state index >= 15 is 0 Å². The molecule has 0 aromatic heterocycles. The lowest BCUT2D eigenvalue weighted by Gasteiger charge is -2.29. The average molecular weight is 266 g/mol. The number of hydrogen-bond acceptors (Lipinski definition) is 4. The van der Waals surface area contributed by atoms with Crippen LogP contribution in [0.3, 0.4) is 0 Å². The highest BCUT2D eigenvalue weighted by molar-refractivity contribution is 7.80. The molecular weight excluding hydrogens is 252 g/mol. The largest absolute Gasteiger partial charge is 0.312 e. The second-order valence-electron chi connectivity index (χ2n) is 4.19. The second kappa shape index (κ2) is 5.39. The molecule has 1 heterocycles. The molecule has 1 amide bonds. The fourth-order valence-corrected chi connectivity index (χ4v) is 2.28. The summed E-state index contributed by atoms with van der Waals surface area (Å²) in [6.45, 7) is 0.618. The number of fused-ring (bicyclic) bond motifs is 1. The molecule has 6 heteroatoms. The molecule has 5 nitrogen and oxygen atoms in total. The van der Waals surface area contributed by atoms with Gasteiger partial charge in [0.1, 0.15) is 0 Å². The molecule has 0 atom stereocenters. The van der Waals surface area contributed by atoms with Crippen molar-refractivity contribution in [1.29, 1.82) is 0 Å². The van der Waals surface area contributed by atoms with Crippen LogP contribution in [0.25, 0.3) is 0 Å². The lowest BCUT2D eigenvalue weighted by molar-refractivity contribution is -0.384. The van der Waals surface area contributed by atoms with E-state index < -0.39 is 4.92 Å². The molecule has 1 aromatic rings. The number of carbonyl (C=O) groups excluding carboxylic acids is 1. The van der Waals surface area contributed by atoms with Crippen molar-refractivity contribution in [2.45, 2.75) is 19.3 Å². The number of hydrogen-bond donors (Lipinski definition) is 1. The Labute approximate surface area is 110 Å². The maximum absolute atomic E-state index is 11.8. The molecule has 0 unspecified atom stereocenters. The number of thiol groups is 1. The van der Waals surface area contributed by atoms with Crippen LogP contribution in [0.5, 0.6) is 0 Å². The SMILES string of the molecule is O=C1CCc2cc([N+](=O)[O-])ccc2N1CCCS. The van der Waals surface area contributed by atoms with Gasteiger partial charge in [-0.05, 0) is 30.2 Å². The summed E-state index contributed by atoms with van der Waals surface area (Å²) < 4.78 is 0. The van der Waals surface area contributed by atoms with Gasteiger partial charge in [0, 0.05) is 30.8 Å². The van der Waals surface area contributed by atoms with Gasteiger partial charge in [-0.2, -0.15) is 12.6 Å². The van der Waals surface area contributed by atoms with Crippen LogP contribution in [-0.2, 0) is 11.2 Å². The summed E-state index contributed by atoms with van der Waals surface area (Å²) in [6.07, 6.45) is 1.80. The third-order valence-corrected chi connectivity index (χ3v) is 3.33. The van der Waals surface area contributed by atoms with Crippen molar-refractivity contribution in [1.82, 2.24) is 0 Å². The van der Waals surface area contributed by atoms with Crippen molar-refractivity contribution in [2.75, 3.05) is 17.2 Å². The summed E-state index contributed by atoms with van der Waals surface area (Å²) in [6, 6.07) is 4.68. The fraction of sp³-hybridized carbons (Fsp3) is 0.417. The Hall–Kier alpha value is -1.56. The Bertz CT molecular complexity index is 490. The highest BCUT2D eigenvalue weighted by Crippen LogP contribution is 2.31. The van der Waals surface area contributed by atoms with Gasteiger partial charge in [-0.25, -0.2) is 0 Å². The van der Waals surface area contributed by atoms with E-state index in [1.165, 1.54) is 6.07 Å². The molecule has 1 aromatic carbocycles. The lowest BCUT2D eigenvalue weighted by Crippen LogP contribution is -2.36. The van der Waals surface area contributed by atoms with Gasteiger partial charge >= 0.3 is 0 Å². The number of carbonyl (C=O) groups is 1. The Balaban J connectivity index is 2.32. The monoisotopic (exact) mass is 266 g/mol. The number of nitro groups is 1. The lowest BCUT2D eigenvalue weighted by atomic mass is 10.0. The first-order chi connectivity index (χ1) is 8.63. The summed E-state index contributed by atoms with van der Waals surface area (Å²) in [5.74, 6) is 0.796. The summed E-state index contributed by atoms with van der Waals surface area (Å²) in [7, 11) is 0. The molecule has 0 radical (unpaired) electrons. The summed E-state index contributed by atoms with van der Waals surface area (Å²) in [5, 5.41) is 10.7. The molecule has 96 valence electrons. The zero-order valence-electron chi connectivity index (χ0n) is 9.83. The first-order valence-electron chi connectivity index (χ1n) is 5.82. The van der Waals surface area contributed by atoms with Crippen LogP contribution < -0.4 is 4.90 Å². The zero-order chi connectivity index (χ0) is 13.1. The molecule has 0 N–H and O–H groups in total. The van der Waals surface area contributed by atoms with Gasteiger partial charge in [-0.3, -0.25) is 14.9 Å². The number of nitro benzene ring substituents is 1. The molecule has 18 heavy (non-hydrogen) atoms. The molecule has 0 spiro atoms. The van der Waals surface area contributed by atoms with Crippen molar-refractivity contribution in [3.05, 3.63) is 33.9 Å². The van der Waals surface area contributed by atoms with Crippen LogP contribution in [-0.4, -0.2) is 23.1 Å². The average Bonchev–Trinajstić information content (AvgIpc) is 2.37. The molecule has 1 aliphatic heterocycles. The van der Waals surface area contributed by atoms with E-state index in [1.807, 2.05) is 0 Å². The number of rotatable bonds is 4. The summed E-state index contributed by atoms with van der Waals surface area (Å²) >= 11 is 4.14. The topological polar surface area (TPSA) is 63.4 Å². The van der Waals surface area contributed by atoms with Crippen LogP contribution in [0.2, 0.25) is 0 Å². The minimum atomic E-state index is -0.408. The first kappa shape index (κ1) is 12.9. The van der Waals surface area contributed by atoms with Crippen molar-refractivity contribution < 1.29 is 9.72 Å². The van der Waals surface area contributed by atoms with Crippen molar-refractivity contribution >= 4 is 29.9 Å². The van der Waals surface area contributed by atoms with Crippen LogP contribution in [0.4, 0.5) is 11.4 Å². The molecule has 0 aliphatic carbocycles. The number of anilines is 1. The Kier molecular flexibility index (Phi) is 3.86. The molecule has 0 fully saturated rings. The van der Waals surface area contributed by atoms with Gasteiger partial charge in [0.25, 0.3) is 5.69 Å². The fourth-order valence-electron chi connectivity index (χ4n) is 2.13. The predicted octanol–water partition coefficient (Wildman–Crippen LogP) is 2.19. The molecule has 1 aliphatic rings. The van der Waals surface area contributed by atoms with Crippen molar-refractivity contribution in [2.24, 2.45) is 0 Å². The van der Waals surface area contributed by atoms with E-state index in [4.69, 9.17) is 0 Å². The quantitative estimate of drug-likeness (QED) is 0.516. The highest BCUT2D eigenvalue weighted by atomic mass is 32.1. The maximum atomic E-state index is 11.8. The number of non-ortho nitro benzene ring substituents is 1. The zero-order valence-corrected chi connectivity index (χ0v) is 10.7. The normalized spacial score (nSPS) is 14.5. The minimum absolute atomic E-state index is 0.0808. The Morgan fingerprint density at radius 1 is 1.39 bits per heavy atom. The predicted molar refractivity (Wildman–Crippen MR) is 72.2 cm³/mol. The van der Waals surface area contributed by atoms with Crippen LogP contribution in [0.1, 0.15) is 18.4 Å². The number of aryl methyl sites for hydroxylation is 1. The molecule has 2 rings (SSSR count). The highest BCUT2D eigenvalue weighted by Gasteiger charge is 2.25. The number of benzene rings is 1. The van der Waals surface area contributed by atoms with E-state index in [0.717, 1.165) is 17.7 Å². The van der Waals surface area contributed by atoms with Crippen LogP contribution >= 0.6 is 12.6 Å². The van der Waals surface area contributed by atoms with E-state index in [9.17, 15) is 14.9 Å². The summed E-state index contributed by atoms with van der Waals surface area (Å²) in [4.78, 5) is 23.9. The van der Waals surface area contributed by atoms with Gasteiger partial charge in [0.05, 0.1) is 4.92 Å². The van der Waals surface area contributed by atoms with E-state index in [1.54, 1.807) is 17.0 Å². The Morgan fingerprint density at radius 3 is 2.83 bits per heavy atom. The van der Waals surface area contributed by atoms with Gasteiger partial charge < -0.3 is 4.90 Å². The van der Waals surface area contributed by atoms with Crippen molar-refractivity contribution in [3.63, 3.8) is 0 Å².